The van der Waals surface area contributed by atoms with Crippen molar-refractivity contribution in [1.29, 1.82) is 0 Å². The van der Waals surface area contributed by atoms with Crippen LogP contribution < -0.4 is 0 Å². The van der Waals surface area contributed by atoms with Gasteiger partial charge in [0.15, 0.2) is 17.5 Å². The van der Waals surface area contributed by atoms with E-state index in [1.54, 1.807) is 0 Å². The Morgan fingerprint density at radius 2 is 0.946 bits per heavy atom. The van der Waals surface area contributed by atoms with Crippen molar-refractivity contribution in [3.05, 3.63) is 194 Å². The highest BCUT2D eigenvalue weighted by Gasteiger charge is 2.20. The lowest BCUT2D eigenvalue weighted by Crippen LogP contribution is -2.03. The molecule has 3 heterocycles. The lowest BCUT2D eigenvalue weighted by Gasteiger charge is -2.14. The summed E-state index contributed by atoms with van der Waals surface area (Å²) in [5, 5.41) is 3.87. The molecule has 0 saturated heterocycles. The van der Waals surface area contributed by atoms with Gasteiger partial charge in [-0.1, -0.05) is 164 Å². The van der Waals surface area contributed by atoms with Crippen LogP contribution in [0.4, 0.5) is 0 Å². The van der Waals surface area contributed by atoms with E-state index in [9.17, 15) is 0 Å². The molecule has 4 nitrogen and oxygen atoms in total. The third kappa shape index (κ3) is 5.32. The summed E-state index contributed by atoms with van der Waals surface area (Å²) in [5.41, 5.74) is 9.28. The summed E-state index contributed by atoms with van der Waals surface area (Å²) >= 11 is 1.83. The highest BCUT2D eigenvalue weighted by Crippen LogP contribution is 2.44. The van der Waals surface area contributed by atoms with E-state index in [-0.39, 0.29) is 18.1 Å². The molecular formula is C51H32N4S. The van der Waals surface area contributed by atoms with Crippen molar-refractivity contribution in [2.24, 2.45) is 0 Å². The monoisotopic (exact) mass is 735 g/mol. The van der Waals surface area contributed by atoms with E-state index in [0.29, 0.717) is 28.4 Å². The largest absolute Gasteiger partial charge is 0.309 e. The summed E-state index contributed by atoms with van der Waals surface area (Å²) in [6.45, 7) is 0. The summed E-state index contributed by atoms with van der Waals surface area (Å²) in [7, 11) is 0. The minimum absolute atomic E-state index is 0.0241. The van der Waals surface area contributed by atoms with Crippen LogP contribution in [0.2, 0.25) is 0 Å². The number of nitrogens with zero attached hydrogens (tertiary/aromatic N) is 4. The quantitative estimate of drug-likeness (QED) is 0.171. The zero-order valence-electron chi connectivity index (χ0n) is 32.9. The normalized spacial score (nSPS) is 12.3. The Kier molecular flexibility index (Phi) is 6.92. The standard InChI is InChI=1S/C51H32N4S/c1-3-16-33(17-4-1)37-25-14-27-41-42-28-15-26-38(48(42)56-47(37)41)35-20-13-21-36(32-35)50-52-49(34-18-5-2-6-19-34)53-51(54-50)43-24-9-12-31-46(43)55-44-29-10-7-22-39(44)40-23-8-11-30-45(40)55/h1-32H/i7D,22D,29D. The van der Waals surface area contributed by atoms with Crippen LogP contribution in [0.25, 0.3) is 104 Å². The zero-order valence-corrected chi connectivity index (χ0v) is 30.8. The number of thiophene rings is 1. The van der Waals surface area contributed by atoms with Gasteiger partial charge in [-0.3, -0.25) is 0 Å². The second-order valence-electron chi connectivity index (χ2n) is 13.7. The molecular weight excluding hydrogens is 701 g/mol. The van der Waals surface area contributed by atoms with Crippen LogP contribution in [-0.2, 0) is 0 Å². The zero-order chi connectivity index (χ0) is 39.6. The van der Waals surface area contributed by atoms with E-state index in [2.05, 4.69) is 91.0 Å². The van der Waals surface area contributed by atoms with Crippen molar-refractivity contribution in [3.8, 4) is 62.1 Å². The fourth-order valence-electron chi connectivity index (χ4n) is 7.88. The number of rotatable bonds is 6. The van der Waals surface area contributed by atoms with Crippen LogP contribution in [0.1, 0.15) is 4.11 Å². The molecule has 0 aliphatic carbocycles. The molecule has 0 atom stereocenters. The van der Waals surface area contributed by atoms with Crippen molar-refractivity contribution >= 4 is 53.3 Å². The first kappa shape index (κ1) is 29.2. The third-order valence-electron chi connectivity index (χ3n) is 10.4. The van der Waals surface area contributed by atoms with Crippen molar-refractivity contribution in [2.75, 3.05) is 0 Å². The number of benzene rings is 8. The first-order valence-corrected chi connectivity index (χ1v) is 19.4. The lowest BCUT2D eigenvalue weighted by atomic mass is 9.99. The van der Waals surface area contributed by atoms with Crippen molar-refractivity contribution in [1.82, 2.24) is 19.5 Å². The maximum atomic E-state index is 9.05. The molecule has 0 N–H and O–H groups in total. The first-order chi connectivity index (χ1) is 29.0. The first-order valence-electron chi connectivity index (χ1n) is 20.0. The van der Waals surface area contributed by atoms with Gasteiger partial charge in [-0.25, -0.2) is 15.0 Å². The number of para-hydroxylation sites is 3. The summed E-state index contributed by atoms with van der Waals surface area (Å²) in [4.78, 5) is 15.4. The van der Waals surface area contributed by atoms with Crippen LogP contribution in [0.5, 0.6) is 0 Å². The van der Waals surface area contributed by atoms with Gasteiger partial charge >= 0.3 is 0 Å². The third-order valence-corrected chi connectivity index (χ3v) is 11.7. The molecule has 0 aliphatic rings. The maximum Gasteiger partial charge on any atom is 0.166 e. The van der Waals surface area contributed by atoms with Crippen molar-refractivity contribution < 1.29 is 4.11 Å². The Morgan fingerprint density at radius 1 is 0.393 bits per heavy atom. The summed E-state index contributed by atoms with van der Waals surface area (Å²) < 4.78 is 30.9. The minimum atomic E-state index is 0.0241. The fourth-order valence-corrected chi connectivity index (χ4v) is 9.26. The highest BCUT2D eigenvalue weighted by atomic mass is 32.1. The second-order valence-corrected chi connectivity index (χ2v) is 14.8. The van der Waals surface area contributed by atoms with E-state index in [1.165, 1.54) is 37.4 Å². The predicted octanol–water partition coefficient (Wildman–Crippen LogP) is 13.7. The molecule has 0 aliphatic heterocycles. The SMILES string of the molecule is [2H]c1cc([2H])c2c(c1[2H])c1ccccc1n2-c1ccccc1-c1nc(-c2ccccc2)nc(-c2cccc(-c3cccc4c3sc3c(-c5ccccc5)cccc34)c2)n1. The molecule has 0 fully saturated rings. The lowest BCUT2D eigenvalue weighted by molar-refractivity contribution is 1.06. The van der Waals surface area contributed by atoms with Gasteiger partial charge in [0.2, 0.25) is 0 Å². The molecule has 0 bridgehead atoms. The van der Waals surface area contributed by atoms with Gasteiger partial charge in [-0.15, -0.1) is 11.3 Å². The van der Waals surface area contributed by atoms with E-state index < -0.39 is 0 Å². The predicted molar refractivity (Wildman–Crippen MR) is 234 cm³/mol. The molecule has 8 aromatic carbocycles. The van der Waals surface area contributed by atoms with Crippen LogP contribution in [0, 0.1) is 0 Å². The number of hydrogen-bond acceptors (Lipinski definition) is 4. The molecule has 56 heavy (non-hydrogen) atoms. The smallest absolute Gasteiger partial charge is 0.166 e. The molecule has 11 aromatic rings. The topological polar surface area (TPSA) is 43.6 Å². The Labute approximate surface area is 331 Å². The highest BCUT2D eigenvalue weighted by molar-refractivity contribution is 7.26. The summed E-state index contributed by atoms with van der Waals surface area (Å²) in [5.74, 6) is 1.56. The molecule has 0 amide bonds. The van der Waals surface area contributed by atoms with Crippen molar-refractivity contribution in [3.63, 3.8) is 0 Å². The van der Waals surface area contributed by atoms with Gasteiger partial charge in [0.05, 0.1) is 20.8 Å². The van der Waals surface area contributed by atoms with Crippen LogP contribution in [-0.4, -0.2) is 19.5 Å². The molecule has 0 saturated carbocycles. The number of fused-ring (bicyclic) bond motifs is 6. The van der Waals surface area contributed by atoms with Gasteiger partial charge in [0.25, 0.3) is 0 Å². The molecule has 11 rings (SSSR count). The second kappa shape index (κ2) is 13.3. The van der Waals surface area contributed by atoms with Crippen LogP contribution in [0.15, 0.2) is 194 Å². The van der Waals surface area contributed by atoms with E-state index in [4.69, 9.17) is 19.1 Å². The molecule has 262 valence electrons. The van der Waals surface area contributed by atoms with Gasteiger partial charge in [0.1, 0.15) is 0 Å². The van der Waals surface area contributed by atoms with E-state index in [0.717, 1.165) is 44.4 Å². The number of aromatic nitrogens is 4. The Bertz CT molecular complexity index is 3430. The van der Waals surface area contributed by atoms with E-state index >= 15 is 0 Å². The summed E-state index contributed by atoms with van der Waals surface area (Å²) in [6, 6.07) is 59.6. The molecule has 0 unspecified atom stereocenters. The van der Waals surface area contributed by atoms with Gasteiger partial charge in [-0.05, 0) is 52.6 Å². The Morgan fingerprint density at radius 3 is 1.73 bits per heavy atom. The average Bonchev–Trinajstić information content (AvgIpc) is 3.86. The molecule has 0 spiro atoms. The molecule has 5 heteroatoms. The van der Waals surface area contributed by atoms with Gasteiger partial charge < -0.3 is 4.57 Å². The number of hydrogen-bond donors (Lipinski definition) is 0. The Hall–Kier alpha value is -7.21. The minimum Gasteiger partial charge on any atom is -0.309 e. The fraction of sp³-hybridized carbons (Fsp3) is 0. The van der Waals surface area contributed by atoms with Crippen LogP contribution >= 0.6 is 11.3 Å². The average molecular weight is 736 g/mol. The summed E-state index contributed by atoms with van der Waals surface area (Å²) in [6.07, 6.45) is 0. The van der Waals surface area contributed by atoms with Crippen LogP contribution in [0.3, 0.4) is 0 Å². The maximum absolute atomic E-state index is 9.05. The van der Waals surface area contributed by atoms with Gasteiger partial charge in [-0.2, -0.15) is 0 Å². The molecule has 0 radical (unpaired) electrons. The Balaban J connectivity index is 1.10. The van der Waals surface area contributed by atoms with Gasteiger partial charge in [0, 0.05) is 47.6 Å². The van der Waals surface area contributed by atoms with E-state index in [1.807, 2.05) is 94.8 Å². The molecule has 3 aromatic heterocycles. The van der Waals surface area contributed by atoms with Crippen molar-refractivity contribution in [2.45, 2.75) is 0 Å².